The predicted octanol–water partition coefficient (Wildman–Crippen LogP) is 0.668. The second kappa shape index (κ2) is 2.27. The van der Waals surface area contributed by atoms with Gasteiger partial charge in [-0.3, -0.25) is 0 Å². The average molecular weight is 125 g/mol. The standard InChI is InChI=1S/C7H13N2/c1-2-4-7-6(3-1)5-8-9-7/h6-7,9H,1-5H2. The van der Waals surface area contributed by atoms with E-state index in [2.05, 4.69) is 10.9 Å². The van der Waals surface area contributed by atoms with E-state index in [1.54, 1.807) is 0 Å². The average Bonchev–Trinajstić information content (AvgIpc) is 2.33. The van der Waals surface area contributed by atoms with Crippen LogP contribution in [0.25, 0.3) is 0 Å². The molecule has 1 aliphatic heterocycles. The van der Waals surface area contributed by atoms with E-state index in [1.807, 2.05) is 0 Å². The summed E-state index contributed by atoms with van der Waals surface area (Å²) in [4.78, 5) is 0. The van der Waals surface area contributed by atoms with E-state index in [0.29, 0.717) is 0 Å². The first-order valence-electron chi connectivity index (χ1n) is 3.89. The fraction of sp³-hybridized carbons (Fsp3) is 1.00. The molecule has 0 aromatic carbocycles. The molecule has 0 bridgehead atoms. The molecule has 2 atom stereocenters. The van der Waals surface area contributed by atoms with Crippen LogP contribution in [0.2, 0.25) is 0 Å². The largest absolute Gasteiger partial charge is 0.237 e. The van der Waals surface area contributed by atoms with Gasteiger partial charge in [0.05, 0.1) is 0 Å². The van der Waals surface area contributed by atoms with Crippen molar-refractivity contribution in [2.24, 2.45) is 5.92 Å². The van der Waals surface area contributed by atoms with Gasteiger partial charge in [0, 0.05) is 12.6 Å². The number of rotatable bonds is 0. The maximum Gasteiger partial charge on any atom is 0.0348 e. The third-order valence-electron chi connectivity index (χ3n) is 2.49. The van der Waals surface area contributed by atoms with E-state index in [1.165, 1.54) is 25.7 Å². The summed E-state index contributed by atoms with van der Waals surface area (Å²) in [6.45, 7) is 1.07. The zero-order valence-electron chi connectivity index (χ0n) is 5.64. The molecular formula is C7H13N2. The number of fused-ring (bicyclic) bond motifs is 1. The Morgan fingerprint density at radius 1 is 1.22 bits per heavy atom. The molecule has 1 heterocycles. The highest BCUT2D eigenvalue weighted by molar-refractivity contribution is 4.84. The van der Waals surface area contributed by atoms with Crippen molar-refractivity contribution in [3.8, 4) is 0 Å². The predicted molar refractivity (Wildman–Crippen MR) is 35.9 cm³/mol. The van der Waals surface area contributed by atoms with Gasteiger partial charge in [0.15, 0.2) is 0 Å². The monoisotopic (exact) mass is 125 g/mol. The summed E-state index contributed by atoms with van der Waals surface area (Å²) < 4.78 is 0. The van der Waals surface area contributed by atoms with E-state index in [0.717, 1.165) is 18.5 Å². The summed E-state index contributed by atoms with van der Waals surface area (Å²) in [5.74, 6) is 0.888. The molecule has 2 heteroatoms. The van der Waals surface area contributed by atoms with Crippen molar-refractivity contribution in [2.75, 3.05) is 6.54 Å². The van der Waals surface area contributed by atoms with Crippen molar-refractivity contribution in [3.05, 3.63) is 0 Å². The van der Waals surface area contributed by atoms with Crippen LogP contribution in [0.5, 0.6) is 0 Å². The quantitative estimate of drug-likeness (QED) is 0.506. The molecule has 1 radical (unpaired) electrons. The fourth-order valence-corrected chi connectivity index (χ4v) is 1.88. The Labute approximate surface area is 56.0 Å². The summed E-state index contributed by atoms with van der Waals surface area (Å²) >= 11 is 0. The Bertz CT molecular complexity index is 91.1. The maximum atomic E-state index is 4.18. The van der Waals surface area contributed by atoms with Crippen molar-refractivity contribution in [3.63, 3.8) is 0 Å². The first-order valence-corrected chi connectivity index (χ1v) is 3.89. The Balaban J connectivity index is 1.97. The summed E-state index contributed by atoms with van der Waals surface area (Å²) in [6, 6.07) is 0.749. The first-order chi connectivity index (χ1) is 4.47. The molecule has 1 saturated carbocycles. The van der Waals surface area contributed by atoms with Crippen LogP contribution in [0.4, 0.5) is 0 Å². The molecule has 2 aliphatic rings. The molecule has 2 fully saturated rings. The molecule has 2 nitrogen and oxygen atoms in total. The highest BCUT2D eigenvalue weighted by Crippen LogP contribution is 2.26. The van der Waals surface area contributed by atoms with Gasteiger partial charge in [-0.05, 0) is 18.8 Å². The minimum atomic E-state index is 0.749. The third-order valence-corrected chi connectivity index (χ3v) is 2.49. The molecular weight excluding hydrogens is 112 g/mol. The molecule has 0 spiro atoms. The lowest BCUT2D eigenvalue weighted by Gasteiger charge is -2.22. The van der Waals surface area contributed by atoms with Gasteiger partial charge in [-0.15, -0.1) is 0 Å². The van der Waals surface area contributed by atoms with Gasteiger partial charge in [-0.1, -0.05) is 12.8 Å². The van der Waals surface area contributed by atoms with Crippen LogP contribution in [0.1, 0.15) is 25.7 Å². The minimum Gasteiger partial charge on any atom is -0.237 e. The fourth-order valence-electron chi connectivity index (χ4n) is 1.88. The summed E-state index contributed by atoms with van der Waals surface area (Å²) in [6.07, 6.45) is 5.59. The lowest BCUT2D eigenvalue weighted by molar-refractivity contribution is 0.334. The van der Waals surface area contributed by atoms with Crippen LogP contribution in [0.3, 0.4) is 0 Å². The number of nitrogens with one attached hydrogen (secondary N) is 1. The molecule has 9 heavy (non-hydrogen) atoms. The van der Waals surface area contributed by atoms with Crippen molar-refractivity contribution in [1.29, 1.82) is 0 Å². The lowest BCUT2D eigenvalue weighted by Crippen LogP contribution is -2.30. The summed E-state index contributed by atoms with van der Waals surface area (Å²) in [7, 11) is 0. The maximum absolute atomic E-state index is 4.18. The second-order valence-electron chi connectivity index (χ2n) is 3.12. The van der Waals surface area contributed by atoms with Gasteiger partial charge in [-0.25, -0.2) is 5.43 Å². The Kier molecular flexibility index (Phi) is 1.44. The van der Waals surface area contributed by atoms with E-state index in [9.17, 15) is 0 Å². The van der Waals surface area contributed by atoms with Crippen molar-refractivity contribution < 1.29 is 0 Å². The van der Waals surface area contributed by atoms with Gasteiger partial charge >= 0.3 is 0 Å². The van der Waals surface area contributed by atoms with Crippen molar-refractivity contribution in [2.45, 2.75) is 31.7 Å². The summed E-state index contributed by atoms with van der Waals surface area (Å²) in [5.41, 5.74) is 7.36. The van der Waals surface area contributed by atoms with E-state index < -0.39 is 0 Å². The zero-order chi connectivity index (χ0) is 6.10. The normalized spacial score (nSPS) is 42.7. The lowest BCUT2D eigenvalue weighted by atomic mass is 9.86. The van der Waals surface area contributed by atoms with Crippen LogP contribution in [0.15, 0.2) is 0 Å². The van der Waals surface area contributed by atoms with Crippen LogP contribution >= 0.6 is 0 Å². The van der Waals surface area contributed by atoms with Crippen molar-refractivity contribution >= 4 is 0 Å². The number of hydrogen-bond donors (Lipinski definition) is 1. The van der Waals surface area contributed by atoms with Gasteiger partial charge in [0.2, 0.25) is 0 Å². The highest BCUT2D eigenvalue weighted by Gasteiger charge is 2.29. The SMILES string of the molecule is C1CCC2N[N]CC2C1. The molecule has 2 rings (SSSR count). The molecule has 1 N–H and O–H groups in total. The molecule has 1 aliphatic carbocycles. The van der Waals surface area contributed by atoms with Crippen LogP contribution in [0, 0.1) is 5.92 Å². The van der Waals surface area contributed by atoms with Crippen LogP contribution < -0.4 is 10.9 Å². The molecule has 51 valence electrons. The first kappa shape index (κ1) is 5.69. The van der Waals surface area contributed by atoms with Gasteiger partial charge in [0.1, 0.15) is 0 Å². The van der Waals surface area contributed by atoms with Gasteiger partial charge in [-0.2, -0.15) is 5.43 Å². The van der Waals surface area contributed by atoms with Crippen molar-refractivity contribution in [1.82, 2.24) is 10.9 Å². The van der Waals surface area contributed by atoms with Gasteiger partial charge < -0.3 is 0 Å². The highest BCUT2D eigenvalue weighted by atomic mass is 15.4. The number of nitrogens with zero attached hydrogens (tertiary/aromatic N) is 1. The zero-order valence-corrected chi connectivity index (χ0v) is 5.64. The van der Waals surface area contributed by atoms with E-state index >= 15 is 0 Å². The second-order valence-corrected chi connectivity index (χ2v) is 3.12. The topological polar surface area (TPSA) is 26.1 Å². The molecule has 0 aromatic rings. The summed E-state index contributed by atoms with van der Waals surface area (Å²) in [5, 5.41) is 0. The van der Waals surface area contributed by atoms with Gasteiger partial charge in [0.25, 0.3) is 0 Å². The number of hydrogen-bond acceptors (Lipinski definition) is 1. The molecule has 1 saturated heterocycles. The van der Waals surface area contributed by atoms with Crippen LogP contribution in [-0.4, -0.2) is 12.6 Å². The third kappa shape index (κ3) is 0.970. The molecule has 2 unspecified atom stereocenters. The Morgan fingerprint density at radius 2 is 2.11 bits per heavy atom. The molecule has 0 amide bonds. The molecule has 0 aromatic heterocycles. The van der Waals surface area contributed by atoms with E-state index in [4.69, 9.17) is 0 Å². The van der Waals surface area contributed by atoms with Crippen LogP contribution in [-0.2, 0) is 0 Å². The Morgan fingerprint density at radius 3 is 3.00 bits per heavy atom. The van der Waals surface area contributed by atoms with E-state index in [-0.39, 0.29) is 0 Å². The minimum absolute atomic E-state index is 0.749. The smallest absolute Gasteiger partial charge is 0.0348 e. The Hall–Kier alpha value is -0.0800.